The van der Waals surface area contributed by atoms with Crippen LogP contribution < -0.4 is 16.4 Å². The summed E-state index contributed by atoms with van der Waals surface area (Å²) in [5.74, 6) is 0.636. The summed E-state index contributed by atoms with van der Waals surface area (Å²) < 4.78 is 1.75. The fraction of sp³-hybridized carbons (Fsp3) is 0.333. The highest BCUT2D eigenvalue weighted by Crippen LogP contribution is 2.30. The van der Waals surface area contributed by atoms with Gasteiger partial charge < -0.3 is 11.1 Å². The summed E-state index contributed by atoms with van der Waals surface area (Å²) >= 11 is 0. The van der Waals surface area contributed by atoms with E-state index in [1.165, 1.54) is 0 Å². The van der Waals surface area contributed by atoms with Crippen LogP contribution in [0.3, 0.4) is 0 Å². The van der Waals surface area contributed by atoms with Gasteiger partial charge in [0.05, 0.1) is 17.4 Å². The molecule has 2 amide bonds. The van der Waals surface area contributed by atoms with Crippen molar-refractivity contribution < 1.29 is 4.79 Å². The average molecular weight is 358 g/mol. The monoisotopic (exact) mass is 357 g/mol. The van der Waals surface area contributed by atoms with Crippen LogP contribution in [0.15, 0.2) is 30.3 Å². The first-order valence-corrected chi connectivity index (χ1v) is 7.11. The quantitative estimate of drug-likeness (QED) is 0.789. The van der Waals surface area contributed by atoms with E-state index >= 15 is 0 Å². The fourth-order valence-electron chi connectivity index (χ4n) is 2.78. The number of hydrogen-bond donors (Lipinski definition) is 3. The summed E-state index contributed by atoms with van der Waals surface area (Å²) in [6.07, 6.45) is 2.20. The Morgan fingerprint density at radius 3 is 2.61 bits per heavy atom. The van der Waals surface area contributed by atoms with E-state index in [4.69, 9.17) is 10.8 Å². The van der Waals surface area contributed by atoms with Crippen molar-refractivity contribution in [2.75, 3.05) is 11.9 Å². The Hall–Kier alpha value is -1.76. The van der Waals surface area contributed by atoms with Crippen molar-refractivity contribution >= 4 is 36.7 Å². The second-order valence-electron chi connectivity index (χ2n) is 5.24. The van der Waals surface area contributed by atoms with E-state index in [0.717, 1.165) is 36.3 Å². The van der Waals surface area contributed by atoms with Gasteiger partial charge in [0, 0.05) is 5.56 Å². The zero-order valence-corrected chi connectivity index (χ0v) is 14.4. The van der Waals surface area contributed by atoms with Gasteiger partial charge in [-0.3, -0.25) is 5.32 Å². The predicted octanol–water partition coefficient (Wildman–Crippen LogP) is 2.94. The van der Waals surface area contributed by atoms with Gasteiger partial charge in [0.15, 0.2) is 0 Å². The summed E-state index contributed by atoms with van der Waals surface area (Å²) in [4.78, 5) is 11.3. The summed E-state index contributed by atoms with van der Waals surface area (Å²) in [5, 5.41) is 10.8. The standard InChI is InChI=1S/C15H19N5O.2ClH/c1-10-13(12-8-5-9-17-12)19-20(14(10)18-15(16)21)11-6-3-2-4-7-11;;/h2-4,6-7,12,17H,5,8-9H2,1H3,(H3,16,18,21);2*1H/t12-;;/m0../s1. The number of para-hydroxylation sites is 1. The first-order chi connectivity index (χ1) is 10.2. The van der Waals surface area contributed by atoms with E-state index in [-0.39, 0.29) is 30.9 Å². The second kappa shape index (κ2) is 8.19. The molecule has 4 N–H and O–H groups in total. The van der Waals surface area contributed by atoms with Crippen molar-refractivity contribution in [2.24, 2.45) is 5.73 Å². The lowest BCUT2D eigenvalue weighted by atomic mass is 10.1. The molecule has 2 aromatic rings. The van der Waals surface area contributed by atoms with Crippen LogP contribution in [0.4, 0.5) is 10.6 Å². The van der Waals surface area contributed by atoms with Gasteiger partial charge in [-0.25, -0.2) is 9.48 Å². The van der Waals surface area contributed by atoms with Crippen molar-refractivity contribution in [1.82, 2.24) is 15.1 Å². The third-order valence-electron chi connectivity index (χ3n) is 3.79. The van der Waals surface area contributed by atoms with E-state index in [1.54, 1.807) is 4.68 Å². The number of aromatic nitrogens is 2. The molecule has 1 aromatic heterocycles. The van der Waals surface area contributed by atoms with E-state index in [1.807, 2.05) is 37.3 Å². The molecule has 126 valence electrons. The highest BCUT2D eigenvalue weighted by Gasteiger charge is 2.25. The Kier molecular flexibility index (Phi) is 6.87. The highest BCUT2D eigenvalue weighted by atomic mass is 35.5. The molecular weight excluding hydrogens is 337 g/mol. The van der Waals surface area contributed by atoms with Crippen molar-refractivity contribution in [3.05, 3.63) is 41.6 Å². The zero-order valence-electron chi connectivity index (χ0n) is 12.8. The van der Waals surface area contributed by atoms with Gasteiger partial charge in [0.25, 0.3) is 0 Å². The summed E-state index contributed by atoms with van der Waals surface area (Å²) in [6.45, 7) is 2.97. The lowest BCUT2D eigenvalue weighted by Crippen LogP contribution is -2.21. The third-order valence-corrected chi connectivity index (χ3v) is 3.79. The lowest BCUT2D eigenvalue weighted by molar-refractivity contribution is 0.259. The molecule has 23 heavy (non-hydrogen) atoms. The number of nitrogens with zero attached hydrogens (tertiary/aromatic N) is 2. The van der Waals surface area contributed by atoms with Gasteiger partial charge in [0.2, 0.25) is 0 Å². The minimum atomic E-state index is -0.582. The average Bonchev–Trinajstić information content (AvgIpc) is 3.09. The molecule has 0 bridgehead atoms. The number of nitrogens with two attached hydrogens (primary N) is 1. The number of carbonyl (C=O) groups is 1. The maximum absolute atomic E-state index is 11.3. The van der Waals surface area contributed by atoms with Crippen LogP contribution in [0.1, 0.15) is 30.1 Å². The van der Waals surface area contributed by atoms with Gasteiger partial charge in [-0.2, -0.15) is 5.10 Å². The number of carbonyl (C=O) groups excluding carboxylic acids is 1. The number of hydrogen-bond acceptors (Lipinski definition) is 3. The van der Waals surface area contributed by atoms with E-state index in [9.17, 15) is 4.79 Å². The van der Waals surface area contributed by atoms with Crippen LogP contribution in [-0.2, 0) is 0 Å². The van der Waals surface area contributed by atoms with E-state index < -0.39 is 6.03 Å². The van der Waals surface area contributed by atoms with E-state index in [2.05, 4.69) is 10.6 Å². The predicted molar refractivity (Wildman–Crippen MR) is 96.0 cm³/mol. The minimum Gasteiger partial charge on any atom is -0.351 e. The van der Waals surface area contributed by atoms with Crippen LogP contribution in [0.5, 0.6) is 0 Å². The van der Waals surface area contributed by atoms with Gasteiger partial charge >= 0.3 is 6.03 Å². The number of rotatable bonds is 3. The summed E-state index contributed by atoms with van der Waals surface area (Å²) in [6, 6.07) is 9.38. The lowest BCUT2D eigenvalue weighted by Gasteiger charge is -2.08. The van der Waals surface area contributed by atoms with Gasteiger partial charge in [-0.05, 0) is 38.4 Å². The molecule has 0 spiro atoms. The molecular formula is C15H21Cl2N5O. The Morgan fingerprint density at radius 2 is 2.04 bits per heavy atom. The number of anilines is 1. The van der Waals surface area contributed by atoms with Crippen LogP contribution >= 0.6 is 24.8 Å². The first-order valence-electron chi connectivity index (χ1n) is 7.11. The highest BCUT2D eigenvalue weighted by molar-refractivity contribution is 5.88. The molecule has 1 aliphatic heterocycles. The molecule has 0 aliphatic carbocycles. The normalized spacial score (nSPS) is 16.3. The molecule has 0 unspecified atom stereocenters. The zero-order chi connectivity index (χ0) is 14.8. The van der Waals surface area contributed by atoms with Gasteiger partial charge in [-0.15, -0.1) is 24.8 Å². The Morgan fingerprint density at radius 1 is 1.35 bits per heavy atom. The van der Waals surface area contributed by atoms with E-state index in [0.29, 0.717) is 5.82 Å². The molecule has 1 aliphatic rings. The smallest absolute Gasteiger partial charge is 0.317 e. The fourth-order valence-corrected chi connectivity index (χ4v) is 2.78. The molecule has 1 saturated heterocycles. The summed E-state index contributed by atoms with van der Waals surface area (Å²) in [7, 11) is 0. The molecule has 6 nitrogen and oxygen atoms in total. The van der Waals surface area contributed by atoms with Crippen molar-refractivity contribution in [1.29, 1.82) is 0 Å². The Labute approximate surface area is 147 Å². The van der Waals surface area contributed by atoms with Crippen molar-refractivity contribution in [3.63, 3.8) is 0 Å². The number of nitrogens with one attached hydrogen (secondary N) is 2. The second-order valence-corrected chi connectivity index (χ2v) is 5.24. The van der Waals surface area contributed by atoms with Gasteiger partial charge in [-0.1, -0.05) is 18.2 Å². The molecule has 1 atom stereocenters. The number of urea groups is 1. The van der Waals surface area contributed by atoms with Gasteiger partial charge in [0.1, 0.15) is 5.82 Å². The van der Waals surface area contributed by atoms with Crippen molar-refractivity contribution in [3.8, 4) is 5.69 Å². The van der Waals surface area contributed by atoms with Crippen molar-refractivity contribution in [2.45, 2.75) is 25.8 Å². The molecule has 1 fully saturated rings. The maximum Gasteiger partial charge on any atom is 0.317 e. The number of halogens is 2. The molecule has 0 saturated carbocycles. The topological polar surface area (TPSA) is 85.0 Å². The molecule has 1 aromatic carbocycles. The third kappa shape index (κ3) is 3.96. The number of amides is 2. The Bertz CT molecular complexity index is 653. The Balaban J connectivity index is 0.00000132. The first kappa shape index (κ1) is 19.3. The number of primary amides is 1. The van der Waals surface area contributed by atoms with Crippen LogP contribution in [-0.4, -0.2) is 22.4 Å². The largest absolute Gasteiger partial charge is 0.351 e. The molecule has 3 rings (SSSR count). The molecule has 2 heterocycles. The number of benzene rings is 1. The van der Waals surface area contributed by atoms with Crippen LogP contribution in [0.25, 0.3) is 5.69 Å². The molecule has 8 heteroatoms. The minimum absolute atomic E-state index is 0. The summed E-state index contributed by atoms with van der Waals surface area (Å²) in [5.41, 5.74) is 8.12. The maximum atomic E-state index is 11.3. The van der Waals surface area contributed by atoms with Crippen LogP contribution in [0, 0.1) is 6.92 Å². The van der Waals surface area contributed by atoms with Crippen LogP contribution in [0.2, 0.25) is 0 Å². The SMILES string of the molecule is Cc1c([C@@H]2CCCN2)nn(-c2ccccc2)c1NC(N)=O.Cl.Cl. The molecule has 0 radical (unpaired) electrons.